The molecule has 1 heterocycles. The molecule has 0 aliphatic heterocycles. The van der Waals surface area contributed by atoms with Gasteiger partial charge in [0, 0.05) is 13.6 Å². The van der Waals surface area contributed by atoms with Crippen molar-refractivity contribution in [2.45, 2.75) is 6.42 Å². The predicted molar refractivity (Wildman–Crippen MR) is 63.0 cm³/mol. The lowest BCUT2D eigenvalue weighted by Gasteiger charge is -2.18. The van der Waals surface area contributed by atoms with E-state index in [4.69, 9.17) is 5.11 Å². The summed E-state index contributed by atoms with van der Waals surface area (Å²) in [6, 6.07) is 5.01. The summed E-state index contributed by atoms with van der Waals surface area (Å²) in [6.07, 6.45) is 0.992. The van der Waals surface area contributed by atoms with Gasteiger partial charge in [0.2, 0.25) is 0 Å². The molecule has 1 aromatic rings. The summed E-state index contributed by atoms with van der Waals surface area (Å²) in [6.45, 7) is 1.78. The second-order valence-electron chi connectivity index (χ2n) is 3.56. The number of rotatable bonds is 6. The quantitative estimate of drug-likeness (QED) is 0.699. The summed E-state index contributed by atoms with van der Waals surface area (Å²) in [4.78, 5) is 16.8. The number of carbonyl (C=O) groups is 1. The van der Waals surface area contributed by atoms with E-state index in [0.29, 0.717) is 5.82 Å². The molecular formula is C11H17N3O2. The summed E-state index contributed by atoms with van der Waals surface area (Å²) >= 11 is 0. The predicted octanol–water partition coefficient (Wildman–Crippen LogP) is 0.825. The zero-order chi connectivity index (χ0) is 12.0. The molecule has 5 nitrogen and oxygen atoms in total. The van der Waals surface area contributed by atoms with Gasteiger partial charge in [-0.15, -0.1) is 0 Å². The average molecular weight is 223 g/mol. The fourth-order valence-electron chi connectivity index (χ4n) is 1.36. The Labute approximate surface area is 95.1 Å². The van der Waals surface area contributed by atoms with Crippen LogP contribution in [-0.2, 0) is 0 Å². The van der Waals surface area contributed by atoms with Crippen molar-refractivity contribution in [3.63, 3.8) is 0 Å². The third-order valence-electron chi connectivity index (χ3n) is 2.26. The lowest BCUT2D eigenvalue weighted by molar-refractivity contribution is 0.0690. The Kier molecular flexibility index (Phi) is 4.72. The van der Waals surface area contributed by atoms with Gasteiger partial charge < -0.3 is 15.3 Å². The van der Waals surface area contributed by atoms with Gasteiger partial charge in [0.15, 0.2) is 5.69 Å². The van der Waals surface area contributed by atoms with Crippen molar-refractivity contribution >= 4 is 11.8 Å². The maximum absolute atomic E-state index is 10.7. The van der Waals surface area contributed by atoms with Gasteiger partial charge in [0.05, 0.1) is 0 Å². The van der Waals surface area contributed by atoms with Gasteiger partial charge >= 0.3 is 5.97 Å². The first-order valence-electron chi connectivity index (χ1n) is 5.21. The van der Waals surface area contributed by atoms with Crippen LogP contribution in [0.4, 0.5) is 5.82 Å². The molecule has 0 aromatic carbocycles. The minimum Gasteiger partial charge on any atom is -0.477 e. The van der Waals surface area contributed by atoms with Crippen molar-refractivity contribution in [3.8, 4) is 0 Å². The Hall–Kier alpha value is -1.62. The van der Waals surface area contributed by atoms with Gasteiger partial charge in [0.1, 0.15) is 5.82 Å². The number of aromatic carboxylic acids is 1. The van der Waals surface area contributed by atoms with Gasteiger partial charge in [-0.25, -0.2) is 9.78 Å². The summed E-state index contributed by atoms with van der Waals surface area (Å²) < 4.78 is 0. The van der Waals surface area contributed by atoms with Crippen LogP contribution < -0.4 is 10.2 Å². The first kappa shape index (κ1) is 12.4. The van der Waals surface area contributed by atoms with Crippen LogP contribution in [0.3, 0.4) is 0 Å². The number of hydrogen-bond donors (Lipinski definition) is 2. The molecule has 5 heteroatoms. The molecule has 0 radical (unpaired) electrons. The molecule has 16 heavy (non-hydrogen) atoms. The highest BCUT2D eigenvalue weighted by atomic mass is 16.4. The molecule has 0 amide bonds. The Morgan fingerprint density at radius 2 is 2.31 bits per heavy atom. The largest absolute Gasteiger partial charge is 0.477 e. The minimum atomic E-state index is -0.995. The van der Waals surface area contributed by atoms with Crippen LogP contribution in [-0.4, -0.2) is 43.2 Å². The fraction of sp³-hybridized carbons (Fsp3) is 0.455. The third kappa shape index (κ3) is 3.51. The zero-order valence-electron chi connectivity index (χ0n) is 9.60. The SMILES string of the molecule is CNCCCN(C)c1cccc(C(=O)O)n1. The van der Waals surface area contributed by atoms with Crippen molar-refractivity contribution < 1.29 is 9.90 Å². The van der Waals surface area contributed by atoms with E-state index in [1.54, 1.807) is 6.07 Å². The topological polar surface area (TPSA) is 65.5 Å². The van der Waals surface area contributed by atoms with Crippen LogP contribution >= 0.6 is 0 Å². The van der Waals surface area contributed by atoms with E-state index in [2.05, 4.69) is 10.3 Å². The molecular weight excluding hydrogens is 206 g/mol. The second-order valence-corrected chi connectivity index (χ2v) is 3.56. The molecule has 0 atom stereocenters. The Balaban J connectivity index is 2.64. The second kappa shape index (κ2) is 6.07. The molecule has 88 valence electrons. The lowest BCUT2D eigenvalue weighted by atomic mass is 10.3. The van der Waals surface area contributed by atoms with E-state index in [0.717, 1.165) is 19.5 Å². The van der Waals surface area contributed by atoms with Crippen molar-refractivity contribution in [1.29, 1.82) is 0 Å². The van der Waals surface area contributed by atoms with E-state index in [9.17, 15) is 4.79 Å². The highest BCUT2D eigenvalue weighted by molar-refractivity contribution is 5.85. The van der Waals surface area contributed by atoms with Gasteiger partial charge in [-0.1, -0.05) is 6.07 Å². The maximum atomic E-state index is 10.7. The molecule has 0 spiro atoms. The molecule has 1 aromatic heterocycles. The summed E-state index contributed by atoms with van der Waals surface area (Å²) in [5, 5.41) is 11.9. The van der Waals surface area contributed by atoms with E-state index in [1.807, 2.05) is 25.1 Å². The highest BCUT2D eigenvalue weighted by Gasteiger charge is 2.07. The first-order chi connectivity index (χ1) is 7.65. The van der Waals surface area contributed by atoms with Crippen molar-refractivity contribution in [1.82, 2.24) is 10.3 Å². The van der Waals surface area contributed by atoms with Crippen LogP contribution in [0.2, 0.25) is 0 Å². The standard InChI is InChI=1S/C11H17N3O2/c1-12-7-4-8-14(2)10-6-3-5-9(13-10)11(15)16/h3,5-6,12H,4,7-8H2,1-2H3,(H,15,16). The maximum Gasteiger partial charge on any atom is 0.354 e. The van der Waals surface area contributed by atoms with E-state index >= 15 is 0 Å². The number of carboxylic acid groups (broad SMARTS) is 1. The molecule has 0 unspecified atom stereocenters. The number of hydrogen-bond acceptors (Lipinski definition) is 4. The number of anilines is 1. The fourth-order valence-corrected chi connectivity index (χ4v) is 1.36. The number of nitrogens with zero attached hydrogens (tertiary/aromatic N) is 2. The zero-order valence-corrected chi connectivity index (χ0v) is 9.60. The van der Waals surface area contributed by atoms with E-state index < -0.39 is 5.97 Å². The number of nitrogens with one attached hydrogen (secondary N) is 1. The van der Waals surface area contributed by atoms with Gasteiger partial charge in [-0.3, -0.25) is 0 Å². The van der Waals surface area contributed by atoms with Crippen LogP contribution in [0.1, 0.15) is 16.9 Å². The molecule has 0 fully saturated rings. The minimum absolute atomic E-state index is 0.0815. The van der Waals surface area contributed by atoms with Crippen LogP contribution in [0.25, 0.3) is 0 Å². The van der Waals surface area contributed by atoms with E-state index in [1.165, 1.54) is 6.07 Å². The number of carboxylic acids is 1. The summed E-state index contributed by atoms with van der Waals surface area (Å²) in [5.41, 5.74) is 0.0815. The normalized spacial score (nSPS) is 10.1. The van der Waals surface area contributed by atoms with Crippen molar-refractivity contribution in [2.24, 2.45) is 0 Å². The van der Waals surface area contributed by atoms with Gasteiger partial charge in [-0.2, -0.15) is 0 Å². The van der Waals surface area contributed by atoms with Crippen LogP contribution in [0.5, 0.6) is 0 Å². The number of aromatic nitrogens is 1. The smallest absolute Gasteiger partial charge is 0.354 e. The van der Waals surface area contributed by atoms with Crippen LogP contribution in [0.15, 0.2) is 18.2 Å². The molecule has 0 saturated carbocycles. The molecule has 0 aliphatic rings. The first-order valence-corrected chi connectivity index (χ1v) is 5.21. The van der Waals surface area contributed by atoms with Crippen molar-refractivity contribution in [3.05, 3.63) is 23.9 Å². The molecule has 0 saturated heterocycles. The van der Waals surface area contributed by atoms with E-state index in [-0.39, 0.29) is 5.69 Å². The average Bonchev–Trinajstić information content (AvgIpc) is 2.29. The van der Waals surface area contributed by atoms with Crippen molar-refractivity contribution in [2.75, 3.05) is 32.1 Å². The molecule has 1 rings (SSSR count). The molecule has 2 N–H and O–H groups in total. The summed E-state index contributed by atoms with van der Waals surface area (Å²) in [5.74, 6) is -0.304. The van der Waals surface area contributed by atoms with Crippen LogP contribution in [0, 0.1) is 0 Å². The number of pyridine rings is 1. The Morgan fingerprint density at radius 3 is 2.94 bits per heavy atom. The lowest BCUT2D eigenvalue weighted by Crippen LogP contribution is -2.23. The Morgan fingerprint density at radius 1 is 1.56 bits per heavy atom. The Bertz CT molecular complexity index is 355. The third-order valence-corrected chi connectivity index (χ3v) is 2.26. The molecule has 0 bridgehead atoms. The van der Waals surface area contributed by atoms with Gasteiger partial charge in [0.25, 0.3) is 0 Å². The monoisotopic (exact) mass is 223 g/mol. The summed E-state index contributed by atoms with van der Waals surface area (Å²) in [7, 11) is 3.81. The van der Waals surface area contributed by atoms with Gasteiger partial charge in [-0.05, 0) is 32.1 Å². The highest BCUT2D eigenvalue weighted by Crippen LogP contribution is 2.09. The molecule has 0 aliphatic carbocycles.